The fourth-order valence-corrected chi connectivity index (χ4v) is 4.63. The smallest absolute Gasteiger partial charge is 0.253 e. The van der Waals surface area contributed by atoms with Crippen molar-refractivity contribution in [1.29, 1.82) is 0 Å². The van der Waals surface area contributed by atoms with Gasteiger partial charge >= 0.3 is 0 Å². The highest BCUT2D eigenvalue weighted by Gasteiger charge is 2.18. The molecule has 3 aromatic heterocycles. The maximum Gasteiger partial charge on any atom is 0.253 e. The van der Waals surface area contributed by atoms with E-state index in [1.807, 2.05) is 36.1 Å². The summed E-state index contributed by atoms with van der Waals surface area (Å²) < 4.78 is 4.22. The van der Waals surface area contributed by atoms with Crippen molar-refractivity contribution in [1.82, 2.24) is 29.6 Å². The third-order valence-electron chi connectivity index (χ3n) is 4.67. The topological polar surface area (TPSA) is 77.6 Å². The monoisotopic (exact) mass is 432 g/mol. The number of aromatic nitrogens is 5. The molecule has 9 heteroatoms. The van der Waals surface area contributed by atoms with Crippen molar-refractivity contribution in [3.63, 3.8) is 0 Å². The van der Waals surface area contributed by atoms with E-state index < -0.39 is 0 Å². The summed E-state index contributed by atoms with van der Waals surface area (Å²) in [6, 6.07) is 1.93. The molecule has 0 radical (unpaired) electrons. The number of nitrogens with zero attached hydrogens (tertiary/aromatic N) is 5. The standard InChI is InChI=1S/C20H28N6OS2/c1-13(2)12-25-17(23-24-20(25)28-5)7-6-8-21-18(27)16-11-14(3)26(15(16)4)19-22-9-10-29-19/h9-11,13H,6-8,12H2,1-5H3,(H,21,27). The molecule has 29 heavy (non-hydrogen) atoms. The van der Waals surface area contributed by atoms with Crippen LogP contribution in [0.2, 0.25) is 0 Å². The summed E-state index contributed by atoms with van der Waals surface area (Å²) in [5.41, 5.74) is 2.62. The molecular weight excluding hydrogens is 404 g/mol. The summed E-state index contributed by atoms with van der Waals surface area (Å²) in [5.74, 6) is 1.47. The Hall–Kier alpha value is -2.13. The molecular formula is C20H28N6OS2. The van der Waals surface area contributed by atoms with Crippen LogP contribution in [0.3, 0.4) is 0 Å². The SMILES string of the molecule is CSc1nnc(CCCNC(=O)c2cc(C)n(-c3nccs3)c2C)n1CC(C)C. The molecule has 156 valence electrons. The van der Waals surface area contributed by atoms with Crippen molar-refractivity contribution < 1.29 is 4.79 Å². The number of thioether (sulfide) groups is 1. The lowest BCUT2D eigenvalue weighted by Gasteiger charge is -2.12. The summed E-state index contributed by atoms with van der Waals surface area (Å²) in [4.78, 5) is 17.1. The van der Waals surface area contributed by atoms with Crippen LogP contribution >= 0.6 is 23.1 Å². The van der Waals surface area contributed by atoms with Crippen LogP contribution in [0.25, 0.3) is 5.13 Å². The fourth-order valence-electron chi connectivity index (χ4n) is 3.36. The van der Waals surface area contributed by atoms with Crippen molar-refractivity contribution in [3.8, 4) is 5.13 Å². The zero-order valence-corrected chi connectivity index (χ0v) is 19.2. The van der Waals surface area contributed by atoms with Gasteiger partial charge in [0.2, 0.25) is 0 Å². The summed E-state index contributed by atoms with van der Waals surface area (Å²) in [5, 5.41) is 15.4. The lowest BCUT2D eigenvalue weighted by molar-refractivity contribution is 0.0952. The maximum absolute atomic E-state index is 12.7. The Morgan fingerprint density at radius 3 is 2.76 bits per heavy atom. The Morgan fingerprint density at radius 2 is 2.10 bits per heavy atom. The normalized spacial score (nSPS) is 11.4. The van der Waals surface area contributed by atoms with Crippen LogP contribution in [0.1, 0.15) is 47.8 Å². The first kappa shape index (κ1) is 21.6. The Kier molecular flexibility index (Phi) is 7.13. The van der Waals surface area contributed by atoms with E-state index in [1.54, 1.807) is 29.3 Å². The Balaban J connectivity index is 1.59. The minimum absolute atomic E-state index is 0.0469. The number of carbonyl (C=O) groups is 1. The van der Waals surface area contributed by atoms with E-state index in [0.29, 0.717) is 18.0 Å². The molecule has 0 aromatic carbocycles. The summed E-state index contributed by atoms with van der Waals surface area (Å²) in [7, 11) is 0. The molecule has 3 heterocycles. The van der Waals surface area contributed by atoms with Crippen LogP contribution in [0.5, 0.6) is 0 Å². The number of amides is 1. The second kappa shape index (κ2) is 9.58. The van der Waals surface area contributed by atoms with Crippen molar-refractivity contribution >= 4 is 29.0 Å². The van der Waals surface area contributed by atoms with Gasteiger partial charge in [-0.15, -0.1) is 21.5 Å². The molecule has 0 bridgehead atoms. The average molecular weight is 433 g/mol. The van der Waals surface area contributed by atoms with Crippen LogP contribution < -0.4 is 5.32 Å². The van der Waals surface area contributed by atoms with Crippen LogP contribution in [-0.4, -0.2) is 43.0 Å². The molecule has 0 saturated heterocycles. The summed E-state index contributed by atoms with van der Waals surface area (Å²) in [6.45, 7) is 9.85. The molecule has 3 aromatic rings. The number of hydrogen-bond acceptors (Lipinski definition) is 6. The fraction of sp³-hybridized carbons (Fsp3) is 0.500. The zero-order valence-electron chi connectivity index (χ0n) is 17.6. The molecule has 0 aliphatic heterocycles. The highest BCUT2D eigenvalue weighted by Crippen LogP contribution is 2.22. The van der Waals surface area contributed by atoms with Gasteiger partial charge in [0.05, 0.1) is 5.56 Å². The molecule has 7 nitrogen and oxygen atoms in total. The molecule has 3 rings (SSSR count). The predicted molar refractivity (Wildman–Crippen MR) is 118 cm³/mol. The molecule has 1 amide bonds. The Bertz CT molecular complexity index is 958. The molecule has 1 N–H and O–H groups in total. The molecule has 0 atom stereocenters. The van der Waals surface area contributed by atoms with E-state index in [4.69, 9.17) is 0 Å². The quantitative estimate of drug-likeness (QED) is 0.410. The van der Waals surface area contributed by atoms with E-state index in [1.165, 1.54) is 0 Å². The third-order valence-corrected chi connectivity index (χ3v) is 6.10. The number of hydrogen-bond donors (Lipinski definition) is 1. The number of carbonyl (C=O) groups excluding carboxylic acids is 1. The van der Waals surface area contributed by atoms with Gasteiger partial charge in [-0.05, 0) is 38.5 Å². The van der Waals surface area contributed by atoms with Crippen LogP contribution in [0, 0.1) is 19.8 Å². The van der Waals surface area contributed by atoms with Gasteiger partial charge in [0, 0.05) is 42.5 Å². The summed E-state index contributed by atoms with van der Waals surface area (Å²) >= 11 is 3.18. The van der Waals surface area contributed by atoms with Gasteiger partial charge in [0.25, 0.3) is 5.91 Å². The molecule has 0 spiro atoms. The predicted octanol–water partition coefficient (Wildman–Crippen LogP) is 3.88. The van der Waals surface area contributed by atoms with Gasteiger partial charge in [0.15, 0.2) is 10.3 Å². The molecule has 0 unspecified atom stereocenters. The van der Waals surface area contributed by atoms with Gasteiger partial charge in [0.1, 0.15) is 5.82 Å². The highest BCUT2D eigenvalue weighted by molar-refractivity contribution is 7.98. The van der Waals surface area contributed by atoms with Crippen LogP contribution in [0.4, 0.5) is 0 Å². The molecule has 0 fully saturated rings. The number of rotatable bonds is 9. The van der Waals surface area contributed by atoms with Crippen molar-refractivity contribution in [2.24, 2.45) is 5.92 Å². The molecule has 0 aliphatic carbocycles. The van der Waals surface area contributed by atoms with E-state index >= 15 is 0 Å². The van der Waals surface area contributed by atoms with Gasteiger partial charge in [-0.1, -0.05) is 25.6 Å². The van der Waals surface area contributed by atoms with Crippen molar-refractivity contribution in [2.75, 3.05) is 12.8 Å². The molecule has 0 aliphatic rings. The first-order valence-electron chi connectivity index (χ1n) is 9.75. The van der Waals surface area contributed by atoms with E-state index in [9.17, 15) is 4.79 Å². The second-order valence-corrected chi connectivity index (χ2v) is 9.05. The highest BCUT2D eigenvalue weighted by atomic mass is 32.2. The lowest BCUT2D eigenvalue weighted by atomic mass is 10.2. The van der Waals surface area contributed by atoms with Gasteiger partial charge in [-0.2, -0.15) is 0 Å². The Labute approximate surface area is 180 Å². The average Bonchev–Trinajstić information content (AvgIpc) is 3.38. The lowest BCUT2D eigenvalue weighted by Crippen LogP contribution is -2.25. The Morgan fingerprint density at radius 1 is 1.31 bits per heavy atom. The van der Waals surface area contributed by atoms with Crippen molar-refractivity contribution in [3.05, 3.63) is 40.4 Å². The van der Waals surface area contributed by atoms with Gasteiger partial charge in [-0.25, -0.2) is 4.98 Å². The number of aryl methyl sites for hydroxylation is 2. The van der Waals surface area contributed by atoms with Gasteiger partial charge < -0.3 is 9.88 Å². The number of nitrogens with one attached hydrogen (secondary N) is 1. The largest absolute Gasteiger partial charge is 0.352 e. The van der Waals surface area contributed by atoms with Crippen molar-refractivity contribution in [2.45, 2.75) is 52.2 Å². The first-order valence-corrected chi connectivity index (χ1v) is 11.9. The third kappa shape index (κ3) is 4.90. The van der Waals surface area contributed by atoms with E-state index in [-0.39, 0.29) is 5.91 Å². The zero-order chi connectivity index (χ0) is 21.0. The summed E-state index contributed by atoms with van der Waals surface area (Å²) in [6.07, 6.45) is 5.41. The first-order chi connectivity index (χ1) is 13.9. The molecule has 0 saturated carbocycles. The maximum atomic E-state index is 12.7. The van der Waals surface area contributed by atoms with Crippen LogP contribution in [0.15, 0.2) is 22.8 Å². The van der Waals surface area contributed by atoms with E-state index in [0.717, 1.165) is 46.9 Å². The minimum Gasteiger partial charge on any atom is -0.352 e. The number of thiazole rings is 1. The minimum atomic E-state index is -0.0469. The second-order valence-electron chi connectivity index (χ2n) is 7.40. The van der Waals surface area contributed by atoms with Gasteiger partial charge in [-0.3, -0.25) is 9.36 Å². The van der Waals surface area contributed by atoms with E-state index in [2.05, 4.69) is 38.9 Å². The van der Waals surface area contributed by atoms with Crippen LogP contribution in [-0.2, 0) is 13.0 Å².